The van der Waals surface area contributed by atoms with Crippen LogP contribution in [0.2, 0.25) is 0 Å². The van der Waals surface area contributed by atoms with Crippen LogP contribution in [0.3, 0.4) is 0 Å². The molecule has 1 aromatic rings. The van der Waals surface area contributed by atoms with Crippen molar-refractivity contribution in [3.8, 4) is 0 Å². The molecule has 1 rings (SSSR count). The highest BCUT2D eigenvalue weighted by molar-refractivity contribution is 5.24. The first kappa shape index (κ1) is 13.2. The Kier molecular flexibility index (Phi) is 5.53. The topological polar surface area (TPSA) is 29.9 Å². The van der Waals surface area contributed by atoms with Crippen molar-refractivity contribution in [3.05, 3.63) is 17.0 Å². The zero-order chi connectivity index (χ0) is 12.0. The molecule has 1 N–H and O–H groups in total. The van der Waals surface area contributed by atoms with E-state index < -0.39 is 0 Å². The van der Waals surface area contributed by atoms with E-state index in [1.54, 1.807) is 0 Å². The first-order valence-electron chi connectivity index (χ1n) is 6.44. The third kappa shape index (κ3) is 3.34. The zero-order valence-electron chi connectivity index (χ0n) is 11.1. The Morgan fingerprint density at radius 1 is 1.25 bits per heavy atom. The molecule has 3 nitrogen and oxygen atoms in total. The van der Waals surface area contributed by atoms with Crippen molar-refractivity contribution < 1.29 is 0 Å². The lowest BCUT2D eigenvalue weighted by Gasteiger charge is -2.05. The SMILES string of the molecule is CCCCn1nc(C)c(CCNCC)c1C. The van der Waals surface area contributed by atoms with Crippen LogP contribution >= 0.6 is 0 Å². The molecule has 0 aromatic carbocycles. The molecule has 0 saturated heterocycles. The second kappa shape index (κ2) is 6.69. The first-order valence-corrected chi connectivity index (χ1v) is 6.44. The lowest BCUT2D eigenvalue weighted by atomic mass is 10.1. The summed E-state index contributed by atoms with van der Waals surface area (Å²) in [5, 5.41) is 7.98. The number of hydrogen-bond donors (Lipinski definition) is 1. The van der Waals surface area contributed by atoms with E-state index in [0.717, 1.165) is 26.1 Å². The highest BCUT2D eigenvalue weighted by Gasteiger charge is 2.10. The molecule has 1 aromatic heterocycles. The Balaban J connectivity index is 2.65. The first-order chi connectivity index (χ1) is 7.70. The summed E-state index contributed by atoms with van der Waals surface area (Å²) in [5.74, 6) is 0. The Hall–Kier alpha value is -0.830. The zero-order valence-corrected chi connectivity index (χ0v) is 11.1. The van der Waals surface area contributed by atoms with Gasteiger partial charge in [-0.1, -0.05) is 20.3 Å². The summed E-state index contributed by atoms with van der Waals surface area (Å²) in [6.07, 6.45) is 3.54. The monoisotopic (exact) mass is 223 g/mol. The largest absolute Gasteiger partial charge is 0.317 e. The second-order valence-electron chi connectivity index (χ2n) is 4.33. The summed E-state index contributed by atoms with van der Waals surface area (Å²) in [6.45, 7) is 11.8. The standard InChI is InChI=1S/C13H25N3/c1-5-7-10-16-12(4)13(11(3)15-16)8-9-14-6-2/h14H,5-10H2,1-4H3. The summed E-state index contributed by atoms with van der Waals surface area (Å²) >= 11 is 0. The van der Waals surface area contributed by atoms with E-state index in [9.17, 15) is 0 Å². The van der Waals surface area contributed by atoms with Gasteiger partial charge in [0.1, 0.15) is 0 Å². The molecule has 0 aliphatic rings. The average Bonchev–Trinajstić information content (AvgIpc) is 2.54. The van der Waals surface area contributed by atoms with Crippen molar-refractivity contribution in [2.75, 3.05) is 13.1 Å². The molecule has 0 radical (unpaired) electrons. The normalized spacial score (nSPS) is 11.0. The summed E-state index contributed by atoms with van der Waals surface area (Å²) in [6, 6.07) is 0. The van der Waals surface area contributed by atoms with E-state index in [2.05, 4.69) is 42.8 Å². The molecule has 0 fully saturated rings. The molecular weight excluding hydrogens is 198 g/mol. The fraction of sp³-hybridized carbons (Fsp3) is 0.769. The summed E-state index contributed by atoms with van der Waals surface area (Å²) in [4.78, 5) is 0. The number of hydrogen-bond acceptors (Lipinski definition) is 2. The van der Waals surface area contributed by atoms with Gasteiger partial charge in [-0.3, -0.25) is 4.68 Å². The maximum absolute atomic E-state index is 4.62. The van der Waals surface area contributed by atoms with Gasteiger partial charge in [-0.2, -0.15) is 5.10 Å². The summed E-state index contributed by atoms with van der Waals surface area (Å²) in [5.41, 5.74) is 3.98. The van der Waals surface area contributed by atoms with E-state index >= 15 is 0 Å². The molecule has 0 atom stereocenters. The van der Waals surface area contributed by atoms with Crippen molar-refractivity contribution in [1.29, 1.82) is 0 Å². The fourth-order valence-electron chi connectivity index (χ4n) is 2.01. The van der Waals surface area contributed by atoms with Gasteiger partial charge in [-0.05, 0) is 45.3 Å². The van der Waals surface area contributed by atoms with E-state index in [1.807, 2.05) is 0 Å². The van der Waals surface area contributed by atoms with Crippen LogP contribution in [0.1, 0.15) is 43.6 Å². The number of nitrogens with one attached hydrogen (secondary N) is 1. The number of rotatable bonds is 7. The van der Waals surface area contributed by atoms with Crippen LogP contribution in [-0.4, -0.2) is 22.9 Å². The molecule has 1 heterocycles. The second-order valence-corrected chi connectivity index (χ2v) is 4.33. The smallest absolute Gasteiger partial charge is 0.0628 e. The van der Waals surface area contributed by atoms with Crippen molar-refractivity contribution in [3.63, 3.8) is 0 Å². The fourth-order valence-corrected chi connectivity index (χ4v) is 2.01. The van der Waals surface area contributed by atoms with Gasteiger partial charge in [0.2, 0.25) is 0 Å². The van der Waals surface area contributed by atoms with Gasteiger partial charge in [-0.25, -0.2) is 0 Å². The quantitative estimate of drug-likeness (QED) is 0.720. The molecule has 0 aliphatic carbocycles. The van der Waals surface area contributed by atoms with Crippen LogP contribution in [0.15, 0.2) is 0 Å². The van der Waals surface area contributed by atoms with E-state index in [1.165, 1.54) is 29.8 Å². The van der Waals surface area contributed by atoms with Crippen molar-refractivity contribution >= 4 is 0 Å². The third-order valence-electron chi connectivity index (χ3n) is 3.06. The number of aryl methyl sites for hydroxylation is 2. The predicted octanol–water partition coefficient (Wildman–Crippen LogP) is 2.45. The summed E-state index contributed by atoms with van der Waals surface area (Å²) < 4.78 is 2.17. The lowest BCUT2D eigenvalue weighted by Crippen LogP contribution is -2.16. The van der Waals surface area contributed by atoms with Gasteiger partial charge in [0.25, 0.3) is 0 Å². The van der Waals surface area contributed by atoms with Crippen molar-refractivity contribution in [1.82, 2.24) is 15.1 Å². The predicted molar refractivity (Wildman–Crippen MR) is 68.9 cm³/mol. The molecule has 92 valence electrons. The maximum Gasteiger partial charge on any atom is 0.0628 e. The van der Waals surface area contributed by atoms with E-state index in [4.69, 9.17) is 0 Å². The number of unbranched alkanes of at least 4 members (excludes halogenated alkanes) is 1. The van der Waals surface area contributed by atoms with Gasteiger partial charge in [-0.15, -0.1) is 0 Å². The summed E-state index contributed by atoms with van der Waals surface area (Å²) in [7, 11) is 0. The van der Waals surface area contributed by atoms with Crippen LogP contribution in [0.25, 0.3) is 0 Å². The minimum Gasteiger partial charge on any atom is -0.317 e. The number of aromatic nitrogens is 2. The minimum absolute atomic E-state index is 1.04. The molecule has 0 amide bonds. The minimum atomic E-state index is 1.04. The average molecular weight is 223 g/mol. The maximum atomic E-state index is 4.62. The van der Waals surface area contributed by atoms with Gasteiger partial charge in [0.05, 0.1) is 5.69 Å². The van der Waals surface area contributed by atoms with Crippen LogP contribution < -0.4 is 5.32 Å². The molecule has 3 heteroatoms. The number of nitrogens with zero attached hydrogens (tertiary/aromatic N) is 2. The highest BCUT2D eigenvalue weighted by Crippen LogP contribution is 2.14. The Labute approximate surface area is 99.2 Å². The van der Waals surface area contributed by atoms with Crippen LogP contribution in [0.5, 0.6) is 0 Å². The van der Waals surface area contributed by atoms with Crippen LogP contribution in [-0.2, 0) is 13.0 Å². The van der Waals surface area contributed by atoms with E-state index in [0.29, 0.717) is 0 Å². The molecular formula is C13H25N3. The Morgan fingerprint density at radius 3 is 2.62 bits per heavy atom. The van der Waals surface area contributed by atoms with Crippen LogP contribution in [0.4, 0.5) is 0 Å². The molecule has 0 saturated carbocycles. The van der Waals surface area contributed by atoms with Gasteiger partial charge in [0.15, 0.2) is 0 Å². The van der Waals surface area contributed by atoms with Gasteiger partial charge < -0.3 is 5.32 Å². The van der Waals surface area contributed by atoms with E-state index in [-0.39, 0.29) is 0 Å². The van der Waals surface area contributed by atoms with Gasteiger partial charge >= 0.3 is 0 Å². The molecule has 0 spiro atoms. The van der Waals surface area contributed by atoms with Crippen molar-refractivity contribution in [2.45, 2.75) is 53.5 Å². The molecule has 16 heavy (non-hydrogen) atoms. The Morgan fingerprint density at radius 2 is 2.00 bits per heavy atom. The lowest BCUT2D eigenvalue weighted by molar-refractivity contribution is 0.555. The Bertz CT molecular complexity index is 315. The number of likely N-dealkylation sites (N-methyl/N-ethyl adjacent to an activating group) is 1. The highest BCUT2D eigenvalue weighted by atomic mass is 15.3. The molecule has 0 unspecified atom stereocenters. The van der Waals surface area contributed by atoms with Crippen molar-refractivity contribution in [2.24, 2.45) is 0 Å². The molecule has 0 aliphatic heterocycles. The van der Waals surface area contributed by atoms with Crippen LogP contribution in [0, 0.1) is 13.8 Å². The third-order valence-corrected chi connectivity index (χ3v) is 3.06. The molecule has 0 bridgehead atoms. The van der Waals surface area contributed by atoms with Gasteiger partial charge in [0, 0.05) is 12.2 Å².